The number of nitrogens with one attached hydrogen (secondary N) is 3. The maximum absolute atomic E-state index is 14.6. The zero-order valence-electron chi connectivity index (χ0n) is 17.7. The number of rotatable bonds is 4. The molecule has 1 aliphatic rings. The summed E-state index contributed by atoms with van der Waals surface area (Å²) in [5.74, 6) is -3.41. The first kappa shape index (κ1) is 23.2. The summed E-state index contributed by atoms with van der Waals surface area (Å²) in [7, 11) is 1.24. The van der Waals surface area contributed by atoms with Crippen molar-refractivity contribution in [2.75, 3.05) is 12.4 Å². The van der Waals surface area contributed by atoms with Crippen LogP contribution in [0.2, 0.25) is 0 Å². The Bertz CT molecular complexity index is 1450. The van der Waals surface area contributed by atoms with Crippen molar-refractivity contribution in [1.82, 2.24) is 14.9 Å². The van der Waals surface area contributed by atoms with Crippen molar-refractivity contribution in [3.63, 3.8) is 0 Å². The van der Waals surface area contributed by atoms with E-state index in [0.29, 0.717) is 5.69 Å². The molecule has 0 saturated heterocycles. The van der Waals surface area contributed by atoms with E-state index in [0.717, 1.165) is 10.1 Å². The summed E-state index contributed by atoms with van der Waals surface area (Å²) in [6.45, 7) is 1.76. The molecule has 1 aromatic heterocycles. The number of nitrogens with zero attached hydrogens (tertiary/aromatic N) is 1. The minimum absolute atomic E-state index is 0.0133. The van der Waals surface area contributed by atoms with E-state index in [1.165, 1.54) is 31.4 Å². The first-order chi connectivity index (χ1) is 16.0. The molecule has 3 aromatic rings. The monoisotopic (exact) mass is 490 g/mol. The Morgan fingerprint density at radius 3 is 2.50 bits per heavy atom. The largest absolute Gasteiger partial charge is 0.496 e. The van der Waals surface area contributed by atoms with Crippen LogP contribution in [0.5, 0.6) is 5.75 Å². The van der Waals surface area contributed by atoms with Crippen molar-refractivity contribution in [1.29, 1.82) is 0 Å². The van der Waals surface area contributed by atoms with Crippen molar-refractivity contribution >= 4 is 29.9 Å². The number of amides is 2. The summed E-state index contributed by atoms with van der Waals surface area (Å²) < 4.78 is 49.7. The van der Waals surface area contributed by atoms with Crippen LogP contribution in [0, 0.1) is 11.7 Å². The van der Waals surface area contributed by atoms with Gasteiger partial charge in [-0.3, -0.25) is 23.9 Å². The van der Waals surface area contributed by atoms with Gasteiger partial charge < -0.3 is 15.4 Å². The first-order valence-corrected chi connectivity index (χ1v) is 10.2. The number of ether oxygens (including phenoxy) is 1. The number of benzene rings is 2. The lowest BCUT2D eigenvalue weighted by Crippen LogP contribution is -2.61. The summed E-state index contributed by atoms with van der Waals surface area (Å²) >= 11 is 5.18. The number of methoxy groups -OCH3 is 1. The molecule has 2 aromatic carbocycles. The lowest BCUT2D eigenvalue weighted by atomic mass is 9.91. The van der Waals surface area contributed by atoms with Gasteiger partial charge in [-0.15, -0.1) is 0 Å². The Labute approximate surface area is 195 Å². The fraction of sp³-hybridized carbons (Fsp3) is 0.182. The van der Waals surface area contributed by atoms with Crippen LogP contribution in [0.3, 0.4) is 0 Å². The molecule has 0 radical (unpaired) electrons. The molecule has 2 amide bonds. The predicted molar refractivity (Wildman–Crippen MR) is 119 cm³/mol. The highest BCUT2D eigenvalue weighted by Crippen LogP contribution is 2.46. The minimum Gasteiger partial charge on any atom is -0.496 e. The van der Waals surface area contributed by atoms with Crippen LogP contribution in [0.15, 0.2) is 53.3 Å². The normalized spacial score (nSPS) is 17.1. The molecule has 3 N–H and O–H groups in total. The van der Waals surface area contributed by atoms with Crippen LogP contribution in [0.4, 0.5) is 19.0 Å². The molecule has 0 saturated carbocycles. The highest BCUT2D eigenvalue weighted by Gasteiger charge is 2.68. The Balaban J connectivity index is 1.99. The molecule has 1 unspecified atom stereocenters. The molecular weight excluding hydrogens is 473 g/mol. The molecule has 0 aliphatic carbocycles. The molecule has 2 heterocycles. The molecule has 0 fully saturated rings. The lowest BCUT2D eigenvalue weighted by Gasteiger charge is -2.30. The predicted octanol–water partition coefficient (Wildman–Crippen LogP) is 3.35. The Hall–Kier alpha value is -3.93. The first-order valence-electron chi connectivity index (χ1n) is 9.82. The van der Waals surface area contributed by atoms with Crippen molar-refractivity contribution in [2.45, 2.75) is 18.6 Å². The van der Waals surface area contributed by atoms with Gasteiger partial charge in [0.2, 0.25) is 0 Å². The number of hydrogen-bond acceptors (Lipinski definition) is 5. The molecule has 8 nitrogen and oxygen atoms in total. The highest BCUT2D eigenvalue weighted by atomic mass is 32.1. The van der Waals surface area contributed by atoms with E-state index < -0.39 is 40.5 Å². The number of alkyl halides is 3. The van der Waals surface area contributed by atoms with Crippen LogP contribution in [-0.2, 0) is 10.3 Å². The fourth-order valence-electron chi connectivity index (χ4n) is 3.86. The molecule has 0 spiro atoms. The summed E-state index contributed by atoms with van der Waals surface area (Å²) in [4.78, 5) is 40.9. The summed E-state index contributed by atoms with van der Waals surface area (Å²) in [5.41, 5.74) is -5.15. The molecule has 12 heteroatoms. The Morgan fingerprint density at radius 2 is 1.85 bits per heavy atom. The number of fused-ring (bicyclic) bond motifs is 1. The molecule has 4 rings (SSSR count). The molecule has 1 atom stereocenters. The van der Waals surface area contributed by atoms with Gasteiger partial charge in [0.1, 0.15) is 17.1 Å². The number of carbonyl (C=O) groups is 2. The van der Waals surface area contributed by atoms with Gasteiger partial charge in [-0.25, -0.2) is 0 Å². The molecule has 176 valence electrons. The SMILES string of the molecule is COc1ccccc1C(=O)NC1(C(F)(F)F)C(=O)Nc2c1c(=O)[nH]c(=S)n2-c1cccc(C)c1. The van der Waals surface area contributed by atoms with Gasteiger partial charge in [-0.05, 0) is 49.0 Å². The maximum Gasteiger partial charge on any atom is 0.425 e. The van der Waals surface area contributed by atoms with Gasteiger partial charge in [-0.2, -0.15) is 13.2 Å². The quantitative estimate of drug-likeness (QED) is 0.487. The number of aromatic amines is 1. The Morgan fingerprint density at radius 1 is 1.15 bits per heavy atom. The smallest absolute Gasteiger partial charge is 0.425 e. The maximum atomic E-state index is 14.6. The van der Waals surface area contributed by atoms with Gasteiger partial charge in [0, 0.05) is 0 Å². The number of carbonyl (C=O) groups excluding carboxylic acids is 2. The number of halogens is 3. The van der Waals surface area contributed by atoms with Crippen molar-refractivity contribution in [3.8, 4) is 11.4 Å². The fourth-order valence-corrected chi connectivity index (χ4v) is 4.15. The number of aryl methyl sites for hydroxylation is 1. The third kappa shape index (κ3) is 3.46. The van der Waals surface area contributed by atoms with E-state index in [2.05, 4.69) is 10.3 Å². The lowest BCUT2D eigenvalue weighted by molar-refractivity contribution is -0.196. The molecule has 34 heavy (non-hydrogen) atoms. The second kappa shape index (κ2) is 8.13. The van der Waals surface area contributed by atoms with Crippen LogP contribution in [0.25, 0.3) is 5.69 Å². The van der Waals surface area contributed by atoms with Crippen LogP contribution < -0.4 is 20.9 Å². The van der Waals surface area contributed by atoms with Crippen LogP contribution >= 0.6 is 12.2 Å². The highest BCUT2D eigenvalue weighted by molar-refractivity contribution is 7.71. The average molecular weight is 490 g/mol. The number of para-hydroxylation sites is 1. The number of hydrogen-bond donors (Lipinski definition) is 3. The summed E-state index contributed by atoms with van der Waals surface area (Å²) in [6.07, 6.45) is -5.39. The topological polar surface area (TPSA) is 105 Å². The second-order valence-electron chi connectivity index (χ2n) is 7.51. The standard InChI is InChI=1S/C22H17F3N4O4S/c1-11-6-5-7-12(10-11)29-16-15(18(31)27-20(29)34)21(19(32)26-16,22(23,24)25)28-17(30)13-8-3-4-9-14(13)33-2/h3-10H,1-2H3,(H,26,32)(H,28,30)(H,27,31,34). The number of anilines is 1. The van der Waals surface area contributed by atoms with Crippen molar-refractivity contribution in [2.24, 2.45) is 0 Å². The zero-order chi connectivity index (χ0) is 24.8. The van der Waals surface area contributed by atoms with Gasteiger partial charge in [0.15, 0.2) is 4.77 Å². The molecule has 0 bridgehead atoms. The van der Waals surface area contributed by atoms with Gasteiger partial charge in [0.25, 0.3) is 22.9 Å². The van der Waals surface area contributed by atoms with Gasteiger partial charge >= 0.3 is 6.18 Å². The average Bonchev–Trinajstić information content (AvgIpc) is 3.06. The van der Waals surface area contributed by atoms with Crippen molar-refractivity contribution in [3.05, 3.63) is 80.3 Å². The van der Waals surface area contributed by atoms with E-state index in [9.17, 15) is 27.6 Å². The van der Waals surface area contributed by atoms with E-state index >= 15 is 0 Å². The van der Waals surface area contributed by atoms with E-state index in [1.807, 2.05) is 0 Å². The summed E-state index contributed by atoms with van der Waals surface area (Å²) in [5, 5.41) is 3.88. The van der Waals surface area contributed by atoms with E-state index in [1.54, 1.807) is 36.5 Å². The van der Waals surface area contributed by atoms with Gasteiger partial charge in [0.05, 0.1) is 18.4 Å². The van der Waals surface area contributed by atoms with E-state index in [4.69, 9.17) is 17.0 Å². The summed E-state index contributed by atoms with van der Waals surface area (Å²) in [6, 6.07) is 12.1. The van der Waals surface area contributed by atoms with Crippen LogP contribution in [0.1, 0.15) is 21.5 Å². The van der Waals surface area contributed by atoms with E-state index in [-0.39, 0.29) is 16.1 Å². The molecular formula is C22H17F3N4O4S. The zero-order valence-corrected chi connectivity index (χ0v) is 18.6. The molecule has 1 aliphatic heterocycles. The Kier molecular flexibility index (Phi) is 5.56. The number of aromatic nitrogens is 2. The van der Waals surface area contributed by atoms with Gasteiger partial charge in [-0.1, -0.05) is 24.3 Å². The third-order valence-electron chi connectivity index (χ3n) is 5.40. The second-order valence-corrected chi connectivity index (χ2v) is 7.90. The van der Waals surface area contributed by atoms with Crippen LogP contribution in [-0.4, -0.2) is 34.7 Å². The minimum atomic E-state index is -5.39. The third-order valence-corrected chi connectivity index (χ3v) is 5.68. The number of H-pyrrole nitrogens is 1. The van der Waals surface area contributed by atoms with Crippen molar-refractivity contribution < 1.29 is 27.5 Å².